The van der Waals surface area contributed by atoms with Gasteiger partial charge in [-0.1, -0.05) is 0 Å². The highest BCUT2D eigenvalue weighted by Crippen LogP contribution is 2.49. The molecule has 0 atom stereocenters. The molecule has 0 bridgehead atoms. The Hall–Kier alpha value is -3.38. The van der Waals surface area contributed by atoms with Gasteiger partial charge in [0.1, 0.15) is 5.69 Å². The largest absolute Gasteiger partial charge is 0.432 e. The Morgan fingerprint density at radius 3 is 1.30 bits per heavy atom. The summed E-state index contributed by atoms with van der Waals surface area (Å²) in [5.41, 5.74) is -1.96. The molecule has 0 heterocycles. The van der Waals surface area contributed by atoms with Crippen molar-refractivity contribution in [3.05, 3.63) is 46.0 Å². The van der Waals surface area contributed by atoms with Crippen molar-refractivity contribution >= 4 is 28.4 Å². The lowest BCUT2D eigenvalue weighted by Gasteiger charge is -2.04. The first-order valence-corrected chi connectivity index (χ1v) is 4.64. The molecule has 0 unspecified atom stereocenters. The summed E-state index contributed by atoms with van der Waals surface area (Å²) < 4.78 is 0. The normalized spacial score (nSPS) is 10.1. The van der Waals surface area contributed by atoms with Crippen LogP contribution in [0.5, 0.6) is 0 Å². The van der Waals surface area contributed by atoms with Crippen molar-refractivity contribution in [1.29, 1.82) is 0 Å². The number of nitro benzene ring substituents is 4. The minimum Gasteiger partial charge on any atom is -0.392 e. The van der Waals surface area contributed by atoms with E-state index in [1.165, 1.54) is 0 Å². The zero-order chi connectivity index (χ0) is 15.8. The summed E-state index contributed by atoms with van der Waals surface area (Å²) in [6.45, 7) is 0.928. The molecule has 0 spiro atoms. The molecule has 1 aromatic carbocycles. The molecule has 0 radical (unpaired) electrons. The van der Waals surface area contributed by atoms with Crippen LogP contribution in [0.25, 0.3) is 0 Å². The molecule has 0 saturated heterocycles. The summed E-state index contributed by atoms with van der Waals surface area (Å²) in [5, 5.41) is 43.2. The number of anilines is 1. The van der Waals surface area contributed by atoms with Crippen LogP contribution in [0.2, 0.25) is 0 Å². The van der Waals surface area contributed by atoms with E-state index < -0.39 is 53.7 Å². The van der Waals surface area contributed by atoms with Gasteiger partial charge in [0.15, 0.2) is 0 Å². The van der Waals surface area contributed by atoms with Crippen molar-refractivity contribution in [3.63, 3.8) is 0 Å². The number of benzene rings is 1. The van der Waals surface area contributed by atoms with Crippen molar-refractivity contribution < 1.29 is 19.7 Å². The second-order valence-corrected chi connectivity index (χ2v) is 3.46. The van der Waals surface area contributed by atoms with E-state index in [1.54, 1.807) is 0 Å². The van der Waals surface area contributed by atoms with Crippen molar-refractivity contribution in [2.75, 3.05) is 5.73 Å². The molecule has 0 saturated carbocycles. The van der Waals surface area contributed by atoms with Crippen molar-refractivity contribution in [3.8, 4) is 0 Å². The van der Waals surface area contributed by atoms with Crippen molar-refractivity contribution in [1.82, 2.24) is 0 Å². The number of nitrogens with two attached hydrogens (primary N) is 1. The summed E-state index contributed by atoms with van der Waals surface area (Å²) in [4.78, 5) is 37.8. The second kappa shape index (κ2) is 4.71. The average molecular weight is 287 g/mol. The molecule has 0 fully saturated rings. The van der Waals surface area contributed by atoms with Gasteiger partial charge in [-0.05, 0) is 6.92 Å². The predicted molar refractivity (Wildman–Crippen MR) is 62.2 cm³/mol. The quantitative estimate of drug-likeness (QED) is 0.479. The number of hydrogen-bond acceptors (Lipinski definition) is 9. The van der Waals surface area contributed by atoms with Gasteiger partial charge in [-0.25, -0.2) is 0 Å². The van der Waals surface area contributed by atoms with Crippen LogP contribution in [0, 0.1) is 47.4 Å². The Morgan fingerprint density at radius 1 is 0.700 bits per heavy atom. The average Bonchev–Trinajstić information content (AvgIpc) is 2.29. The molecule has 13 heteroatoms. The highest BCUT2D eigenvalue weighted by atomic mass is 16.7. The lowest BCUT2D eigenvalue weighted by Crippen LogP contribution is -2.09. The molecule has 0 amide bonds. The third-order valence-corrected chi connectivity index (χ3v) is 2.42. The van der Waals surface area contributed by atoms with Crippen LogP contribution in [0.1, 0.15) is 5.56 Å². The number of hydrogen-bond donors (Lipinski definition) is 1. The van der Waals surface area contributed by atoms with Crippen LogP contribution in [-0.4, -0.2) is 19.7 Å². The summed E-state index contributed by atoms with van der Waals surface area (Å²) in [6, 6.07) is 0. The number of nitrogens with zero attached hydrogens (tertiary/aromatic N) is 4. The minimum absolute atomic E-state index is 0.584. The third kappa shape index (κ3) is 2.02. The Bertz CT molecular complexity index is 611. The van der Waals surface area contributed by atoms with Gasteiger partial charge >= 0.3 is 22.7 Å². The molecule has 13 nitrogen and oxygen atoms in total. The smallest absolute Gasteiger partial charge is 0.392 e. The van der Waals surface area contributed by atoms with Gasteiger partial charge in [0.05, 0.1) is 25.3 Å². The van der Waals surface area contributed by atoms with Crippen LogP contribution < -0.4 is 5.73 Å². The van der Waals surface area contributed by atoms with E-state index >= 15 is 0 Å². The first-order chi connectivity index (χ1) is 9.11. The Labute approximate surface area is 108 Å². The molecule has 20 heavy (non-hydrogen) atoms. The fourth-order valence-corrected chi connectivity index (χ4v) is 1.59. The molecule has 0 aliphatic carbocycles. The molecule has 0 aromatic heterocycles. The zero-order valence-electron chi connectivity index (χ0n) is 9.63. The summed E-state index contributed by atoms with van der Waals surface area (Å²) >= 11 is 0. The fourth-order valence-electron chi connectivity index (χ4n) is 1.59. The van der Waals surface area contributed by atoms with E-state index in [2.05, 4.69) is 0 Å². The van der Waals surface area contributed by atoms with Crippen molar-refractivity contribution in [2.24, 2.45) is 0 Å². The van der Waals surface area contributed by atoms with Gasteiger partial charge in [0.25, 0.3) is 0 Å². The Kier molecular flexibility index (Phi) is 3.46. The summed E-state index contributed by atoms with van der Waals surface area (Å²) in [5.74, 6) is 0. The monoisotopic (exact) mass is 287 g/mol. The zero-order valence-corrected chi connectivity index (χ0v) is 9.63. The molecule has 0 aliphatic rings. The minimum atomic E-state index is -1.62. The molecule has 1 aromatic rings. The molecule has 0 aliphatic heterocycles. The first-order valence-electron chi connectivity index (χ1n) is 4.64. The van der Waals surface area contributed by atoms with Gasteiger partial charge in [0, 0.05) is 0 Å². The Balaban J connectivity index is 4.14. The number of rotatable bonds is 4. The lowest BCUT2D eigenvalue weighted by molar-refractivity contribution is -0.451. The third-order valence-electron chi connectivity index (χ3n) is 2.42. The molecular formula is C7H5N5O8. The fraction of sp³-hybridized carbons (Fsp3) is 0.143. The number of nitrogen functional groups attached to an aromatic ring is 1. The molecule has 106 valence electrons. The maximum atomic E-state index is 10.8. The van der Waals surface area contributed by atoms with E-state index in [4.69, 9.17) is 5.73 Å². The highest BCUT2D eigenvalue weighted by molar-refractivity contribution is 5.87. The van der Waals surface area contributed by atoms with E-state index in [0.717, 1.165) is 6.92 Å². The van der Waals surface area contributed by atoms with Crippen LogP contribution >= 0.6 is 0 Å². The van der Waals surface area contributed by atoms with Gasteiger partial charge in [-0.3, -0.25) is 40.5 Å². The Morgan fingerprint density at radius 2 is 1.00 bits per heavy atom. The van der Waals surface area contributed by atoms with Gasteiger partial charge in [-0.2, -0.15) is 0 Å². The topological polar surface area (TPSA) is 199 Å². The summed E-state index contributed by atoms with van der Waals surface area (Å²) in [7, 11) is 0. The summed E-state index contributed by atoms with van der Waals surface area (Å²) in [6.07, 6.45) is 0. The van der Waals surface area contributed by atoms with Crippen LogP contribution in [-0.2, 0) is 0 Å². The lowest BCUT2D eigenvalue weighted by atomic mass is 10.1. The molecule has 2 N–H and O–H groups in total. The van der Waals surface area contributed by atoms with E-state index in [0.29, 0.717) is 0 Å². The second-order valence-electron chi connectivity index (χ2n) is 3.46. The van der Waals surface area contributed by atoms with E-state index in [-0.39, 0.29) is 0 Å². The first kappa shape index (κ1) is 14.7. The van der Waals surface area contributed by atoms with E-state index in [9.17, 15) is 40.5 Å². The van der Waals surface area contributed by atoms with E-state index in [1.807, 2.05) is 0 Å². The number of nitro groups is 4. The standard InChI is InChI=1S/C7H5N5O8/c1-2-3(8)5(10(15)16)7(12(19)20)6(11(17)18)4(2)9(13)14/h8H2,1H3. The maximum absolute atomic E-state index is 10.8. The maximum Gasteiger partial charge on any atom is 0.432 e. The van der Waals surface area contributed by atoms with Crippen LogP contribution in [0.4, 0.5) is 28.4 Å². The van der Waals surface area contributed by atoms with Gasteiger partial charge in [-0.15, -0.1) is 0 Å². The molecule has 1 rings (SSSR count). The van der Waals surface area contributed by atoms with Crippen LogP contribution in [0.3, 0.4) is 0 Å². The molecular weight excluding hydrogens is 282 g/mol. The SMILES string of the molecule is Cc1c(N)c([N+](=O)[O-])c([N+](=O)[O-])c([N+](=O)[O-])c1[N+](=O)[O-]. The van der Waals surface area contributed by atoms with Gasteiger partial charge < -0.3 is 5.73 Å². The van der Waals surface area contributed by atoms with Crippen molar-refractivity contribution in [2.45, 2.75) is 6.92 Å². The van der Waals surface area contributed by atoms with Gasteiger partial charge in [0.2, 0.25) is 0 Å². The van der Waals surface area contributed by atoms with Crippen LogP contribution in [0.15, 0.2) is 0 Å². The highest BCUT2D eigenvalue weighted by Gasteiger charge is 2.48. The predicted octanol–water partition coefficient (Wildman–Crippen LogP) is 1.21.